The lowest BCUT2D eigenvalue weighted by Crippen LogP contribution is -2.37. The van der Waals surface area contributed by atoms with Crippen LogP contribution in [0.4, 0.5) is 10.1 Å². The zero-order valence-corrected chi connectivity index (χ0v) is 17.8. The van der Waals surface area contributed by atoms with Crippen LogP contribution in [0.3, 0.4) is 0 Å². The van der Waals surface area contributed by atoms with Gasteiger partial charge in [0.15, 0.2) is 0 Å². The Hall–Kier alpha value is -2.68. The van der Waals surface area contributed by atoms with E-state index in [1.54, 1.807) is 6.08 Å². The van der Waals surface area contributed by atoms with Gasteiger partial charge in [0.2, 0.25) is 0 Å². The molecule has 1 unspecified atom stereocenters. The largest absolute Gasteiger partial charge is 0.378 e. The van der Waals surface area contributed by atoms with E-state index in [0.29, 0.717) is 12.8 Å². The van der Waals surface area contributed by atoms with Crippen LogP contribution < -0.4 is 16.3 Å². The van der Waals surface area contributed by atoms with Gasteiger partial charge in [0, 0.05) is 31.7 Å². The Morgan fingerprint density at radius 1 is 1.29 bits per heavy atom. The molecule has 2 aliphatic rings. The summed E-state index contributed by atoms with van der Waals surface area (Å²) >= 11 is 6.87. The summed E-state index contributed by atoms with van der Waals surface area (Å²) in [5.41, 5.74) is 8.55. The Labute approximate surface area is 184 Å². The van der Waals surface area contributed by atoms with Crippen LogP contribution in [-0.2, 0) is 16.3 Å². The second kappa shape index (κ2) is 9.21. The topological polar surface area (TPSA) is 78.3 Å². The summed E-state index contributed by atoms with van der Waals surface area (Å²) in [6, 6.07) is 8.33. The van der Waals surface area contributed by atoms with Crippen LogP contribution in [0.25, 0.3) is 5.57 Å². The highest BCUT2D eigenvalue weighted by atomic mass is 35.5. The van der Waals surface area contributed by atoms with Gasteiger partial charge in [-0.05, 0) is 34.9 Å². The van der Waals surface area contributed by atoms with Crippen molar-refractivity contribution in [3.05, 3.63) is 76.8 Å². The summed E-state index contributed by atoms with van der Waals surface area (Å²) in [6.45, 7) is 3.24. The number of morpholine rings is 1. The second-order valence-corrected chi connectivity index (χ2v) is 8.26. The number of hydrogen-bond donors (Lipinski definition) is 1. The van der Waals surface area contributed by atoms with Crippen molar-refractivity contribution in [3.63, 3.8) is 0 Å². The molecule has 1 aliphatic heterocycles. The third-order valence-corrected chi connectivity index (χ3v) is 6.05. The van der Waals surface area contributed by atoms with Gasteiger partial charge in [-0.25, -0.2) is 13.9 Å². The van der Waals surface area contributed by atoms with E-state index in [4.69, 9.17) is 22.1 Å². The normalized spacial score (nSPS) is 22.0. The number of hydrogen-bond acceptors (Lipinski definition) is 5. The van der Waals surface area contributed by atoms with Crippen LogP contribution in [0.1, 0.15) is 12.0 Å². The highest BCUT2D eigenvalue weighted by Crippen LogP contribution is 2.38. The first-order chi connectivity index (χ1) is 15.0. The maximum atomic E-state index is 12.9. The fourth-order valence-electron chi connectivity index (χ4n) is 3.80. The average Bonchev–Trinajstić information content (AvgIpc) is 3.19. The van der Waals surface area contributed by atoms with E-state index < -0.39 is 10.7 Å². The standard InChI is InChI=1S/C22H25ClFN5O2/c23-22(28-16-26-29(21(28)30)15-17(13-24)14-25)7-1-2-19(12-22)18-3-5-20(6-4-18)27-8-10-31-11-9-27/h1-7,13,16H,8-12,14-15,25H2/b17-13+. The zero-order chi connectivity index (χ0) is 21.8. The van der Waals surface area contributed by atoms with Gasteiger partial charge in [0.25, 0.3) is 0 Å². The molecular weight excluding hydrogens is 421 g/mol. The van der Waals surface area contributed by atoms with Crippen molar-refractivity contribution in [3.8, 4) is 0 Å². The first kappa shape index (κ1) is 21.5. The van der Waals surface area contributed by atoms with Crippen molar-refractivity contribution < 1.29 is 9.13 Å². The van der Waals surface area contributed by atoms with E-state index in [1.165, 1.54) is 10.9 Å². The van der Waals surface area contributed by atoms with Crippen LogP contribution in [0, 0.1) is 0 Å². The van der Waals surface area contributed by atoms with Gasteiger partial charge in [-0.1, -0.05) is 35.9 Å². The molecule has 0 bridgehead atoms. The van der Waals surface area contributed by atoms with E-state index in [9.17, 15) is 9.18 Å². The first-order valence-electron chi connectivity index (χ1n) is 10.2. The summed E-state index contributed by atoms with van der Waals surface area (Å²) in [5, 5.41) is 4.08. The maximum absolute atomic E-state index is 12.9. The van der Waals surface area contributed by atoms with Crippen LogP contribution in [0.2, 0.25) is 0 Å². The van der Waals surface area contributed by atoms with Gasteiger partial charge in [0.1, 0.15) is 11.3 Å². The third kappa shape index (κ3) is 4.51. The summed E-state index contributed by atoms with van der Waals surface area (Å²) in [5.74, 6) is 0. The van der Waals surface area contributed by atoms with E-state index in [1.807, 2.05) is 12.2 Å². The number of anilines is 1. The predicted octanol–water partition coefficient (Wildman–Crippen LogP) is 2.63. The Bertz CT molecular complexity index is 1070. The highest BCUT2D eigenvalue weighted by Gasteiger charge is 2.32. The number of halogens is 2. The van der Waals surface area contributed by atoms with Crippen LogP contribution in [-0.4, -0.2) is 47.2 Å². The fraction of sp³-hybridized carbons (Fsp3) is 0.364. The van der Waals surface area contributed by atoms with Crippen LogP contribution in [0.5, 0.6) is 0 Å². The van der Waals surface area contributed by atoms with Crippen LogP contribution >= 0.6 is 11.6 Å². The SMILES string of the molecule is NC/C(=C\F)Cn1ncn(C2(Cl)C=CC=C(c3ccc(N4CCOCC4)cc3)C2)c1=O. The molecule has 2 aromatic rings. The number of benzene rings is 1. The lowest BCUT2D eigenvalue weighted by Gasteiger charge is -2.30. The van der Waals surface area contributed by atoms with Crippen molar-refractivity contribution in [2.24, 2.45) is 5.73 Å². The van der Waals surface area contributed by atoms with Crippen molar-refractivity contribution in [2.75, 3.05) is 37.7 Å². The predicted molar refractivity (Wildman–Crippen MR) is 120 cm³/mol. The van der Waals surface area contributed by atoms with Gasteiger partial charge in [-0.2, -0.15) is 5.10 Å². The van der Waals surface area contributed by atoms with Crippen molar-refractivity contribution in [2.45, 2.75) is 18.0 Å². The van der Waals surface area contributed by atoms with E-state index in [2.05, 4.69) is 34.3 Å². The molecule has 9 heteroatoms. The Morgan fingerprint density at radius 3 is 2.71 bits per heavy atom. The molecule has 1 fully saturated rings. The smallest absolute Gasteiger partial charge is 0.347 e. The second-order valence-electron chi connectivity index (χ2n) is 7.61. The van der Waals surface area contributed by atoms with Gasteiger partial charge in [0.05, 0.1) is 26.1 Å². The minimum absolute atomic E-state index is 0.00898. The number of alkyl halides is 1. The molecule has 164 valence electrons. The van der Waals surface area contributed by atoms with E-state index in [0.717, 1.165) is 47.8 Å². The molecule has 2 heterocycles. The van der Waals surface area contributed by atoms with Crippen molar-refractivity contribution in [1.82, 2.24) is 14.3 Å². The number of aromatic nitrogens is 3. The molecule has 0 radical (unpaired) electrons. The average molecular weight is 446 g/mol. The molecule has 1 saturated heterocycles. The lowest BCUT2D eigenvalue weighted by atomic mass is 9.93. The van der Waals surface area contributed by atoms with Gasteiger partial charge in [-0.15, -0.1) is 0 Å². The number of nitrogens with two attached hydrogens (primary N) is 1. The molecule has 7 nitrogen and oxygen atoms in total. The molecule has 0 amide bonds. The molecule has 1 atom stereocenters. The van der Waals surface area contributed by atoms with E-state index >= 15 is 0 Å². The fourth-order valence-corrected chi connectivity index (χ4v) is 4.14. The number of allylic oxidation sites excluding steroid dienone is 4. The Morgan fingerprint density at radius 2 is 2.03 bits per heavy atom. The summed E-state index contributed by atoms with van der Waals surface area (Å²) in [7, 11) is 0. The van der Waals surface area contributed by atoms with E-state index in [-0.39, 0.29) is 18.7 Å². The molecule has 1 aromatic carbocycles. The molecule has 2 N–H and O–H groups in total. The molecule has 4 rings (SSSR count). The summed E-state index contributed by atoms with van der Waals surface area (Å²) in [4.78, 5) is 14.0. The molecule has 1 aromatic heterocycles. The van der Waals surface area contributed by atoms with Gasteiger partial charge in [-0.3, -0.25) is 4.57 Å². The number of nitrogens with zero attached hydrogens (tertiary/aromatic N) is 4. The molecule has 0 saturated carbocycles. The molecule has 0 spiro atoms. The quantitative estimate of drug-likeness (QED) is 0.691. The highest BCUT2D eigenvalue weighted by molar-refractivity contribution is 6.24. The monoisotopic (exact) mass is 445 g/mol. The molecular formula is C22H25ClFN5O2. The molecule has 31 heavy (non-hydrogen) atoms. The first-order valence-corrected chi connectivity index (χ1v) is 10.6. The maximum Gasteiger partial charge on any atom is 0.347 e. The summed E-state index contributed by atoms with van der Waals surface area (Å²) < 4.78 is 20.8. The summed E-state index contributed by atoms with van der Waals surface area (Å²) in [6.07, 6.45) is 7.81. The lowest BCUT2D eigenvalue weighted by molar-refractivity contribution is 0.122. The Balaban J connectivity index is 1.53. The zero-order valence-electron chi connectivity index (χ0n) is 17.1. The third-order valence-electron chi connectivity index (χ3n) is 5.60. The van der Waals surface area contributed by atoms with Gasteiger partial charge < -0.3 is 15.4 Å². The van der Waals surface area contributed by atoms with Gasteiger partial charge >= 0.3 is 5.69 Å². The van der Waals surface area contributed by atoms with Crippen LogP contribution in [0.15, 0.2) is 65.5 Å². The number of rotatable bonds is 6. The minimum Gasteiger partial charge on any atom is -0.378 e. The Kier molecular flexibility index (Phi) is 6.41. The van der Waals surface area contributed by atoms with Crippen molar-refractivity contribution >= 4 is 22.9 Å². The molecule has 1 aliphatic carbocycles. The minimum atomic E-state index is -1.09. The number of ether oxygens (including phenoxy) is 1. The van der Waals surface area contributed by atoms with Crippen molar-refractivity contribution in [1.29, 1.82) is 0 Å².